The van der Waals surface area contributed by atoms with Crippen molar-refractivity contribution >= 4 is 18.6 Å². The van der Waals surface area contributed by atoms with E-state index in [9.17, 15) is 18.0 Å². The summed E-state index contributed by atoms with van der Waals surface area (Å²) in [7, 11) is -0.935. The van der Waals surface area contributed by atoms with Crippen LogP contribution in [0.1, 0.15) is 45.0 Å². The number of carbonyl (C=O) groups excluding carboxylic acids is 1. The van der Waals surface area contributed by atoms with Crippen LogP contribution in [-0.2, 0) is 14.0 Å². The highest BCUT2D eigenvalue weighted by Gasteiger charge is 2.52. The second kappa shape index (κ2) is 6.53. The molecule has 0 N–H and O–H groups in total. The van der Waals surface area contributed by atoms with Crippen LogP contribution in [0.5, 0.6) is 5.75 Å². The molecule has 0 spiro atoms. The Labute approximate surface area is 144 Å². The van der Waals surface area contributed by atoms with Crippen molar-refractivity contribution in [2.75, 3.05) is 6.61 Å². The van der Waals surface area contributed by atoms with Crippen molar-refractivity contribution in [3.8, 4) is 5.75 Å². The first-order chi connectivity index (χ1) is 11.3. The fourth-order valence-electron chi connectivity index (χ4n) is 2.26. The highest BCUT2D eigenvalue weighted by molar-refractivity contribution is 6.62. The van der Waals surface area contributed by atoms with Gasteiger partial charge in [-0.1, -0.05) is 0 Å². The standard InChI is InChI=1S/C16H20BF3O5/c1-6-22-13(21)10-7-11(9-12(8-10)23-16(18,19)20)17-24-14(2,3)15(4,5)25-17/h7-9H,6H2,1-5H3. The predicted molar refractivity (Wildman–Crippen MR) is 84.8 cm³/mol. The summed E-state index contributed by atoms with van der Waals surface area (Å²) >= 11 is 0. The van der Waals surface area contributed by atoms with Gasteiger partial charge in [-0.25, -0.2) is 4.79 Å². The number of esters is 1. The molecule has 2 rings (SSSR count). The molecule has 138 valence electrons. The van der Waals surface area contributed by atoms with Crippen LogP contribution in [-0.4, -0.2) is 37.3 Å². The van der Waals surface area contributed by atoms with Crippen molar-refractivity contribution in [2.24, 2.45) is 0 Å². The van der Waals surface area contributed by atoms with Crippen molar-refractivity contribution in [1.82, 2.24) is 0 Å². The van der Waals surface area contributed by atoms with Crippen LogP contribution >= 0.6 is 0 Å². The molecule has 1 saturated heterocycles. The first-order valence-electron chi connectivity index (χ1n) is 7.78. The SMILES string of the molecule is CCOC(=O)c1cc(OC(F)(F)F)cc(B2OC(C)(C)C(C)(C)O2)c1. The number of ether oxygens (including phenoxy) is 2. The van der Waals surface area contributed by atoms with E-state index in [0.717, 1.165) is 12.1 Å². The van der Waals surface area contributed by atoms with E-state index in [1.165, 1.54) is 6.07 Å². The normalized spacial score (nSPS) is 19.0. The molecule has 0 amide bonds. The fraction of sp³-hybridized carbons (Fsp3) is 0.562. The van der Waals surface area contributed by atoms with Gasteiger partial charge >= 0.3 is 19.5 Å². The molecule has 0 unspecified atom stereocenters. The van der Waals surface area contributed by atoms with E-state index in [1.54, 1.807) is 6.92 Å². The quantitative estimate of drug-likeness (QED) is 0.610. The molecule has 0 aliphatic carbocycles. The van der Waals surface area contributed by atoms with Gasteiger partial charge in [0.15, 0.2) is 0 Å². The number of hydrogen-bond acceptors (Lipinski definition) is 5. The van der Waals surface area contributed by atoms with Gasteiger partial charge in [-0.05, 0) is 58.3 Å². The number of hydrogen-bond donors (Lipinski definition) is 0. The molecule has 1 fully saturated rings. The Hall–Kier alpha value is -1.74. The van der Waals surface area contributed by atoms with E-state index in [0.29, 0.717) is 0 Å². The van der Waals surface area contributed by atoms with Crippen LogP contribution < -0.4 is 10.2 Å². The smallest absolute Gasteiger partial charge is 0.462 e. The summed E-state index contributed by atoms with van der Waals surface area (Å²) in [4.78, 5) is 11.9. The van der Waals surface area contributed by atoms with Gasteiger partial charge in [0.25, 0.3) is 0 Å². The van der Waals surface area contributed by atoms with E-state index < -0.39 is 36.4 Å². The summed E-state index contributed by atoms with van der Waals surface area (Å²) in [6.07, 6.45) is -4.89. The molecular formula is C16H20BF3O5. The Morgan fingerprint density at radius 3 is 2.16 bits per heavy atom. The maximum absolute atomic E-state index is 12.6. The van der Waals surface area contributed by atoms with Crippen LogP contribution in [0.3, 0.4) is 0 Å². The molecular weight excluding hydrogens is 340 g/mol. The van der Waals surface area contributed by atoms with Crippen molar-refractivity contribution in [3.63, 3.8) is 0 Å². The first-order valence-corrected chi connectivity index (χ1v) is 7.78. The molecule has 9 heteroatoms. The maximum atomic E-state index is 12.6. The van der Waals surface area contributed by atoms with Crippen molar-refractivity contribution in [3.05, 3.63) is 23.8 Å². The molecule has 1 aromatic rings. The second-order valence-corrected chi connectivity index (χ2v) is 6.65. The minimum atomic E-state index is -4.89. The lowest BCUT2D eigenvalue weighted by Crippen LogP contribution is -2.41. The minimum absolute atomic E-state index is 0.0756. The van der Waals surface area contributed by atoms with Crippen LogP contribution in [0.2, 0.25) is 0 Å². The van der Waals surface area contributed by atoms with Crippen LogP contribution in [0.4, 0.5) is 13.2 Å². The van der Waals surface area contributed by atoms with Gasteiger partial charge in [-0.15, -0.1) is 13.2 Å². The Balaban J connectivity index is 2.41. The molecule has 25 heavy (non-hydrogen) atoms. The summed E-state index contributed by atoms with van der Waals surface area (Å²) in [6.45, 7) is 8.95. The second-order valence-electron chi connectivity index (χ2n) is 6.65. The van der Waals surface area contributed by atoms with Gasteiger partial charge in [-0.2, -0.15) is 0 Å². The lowest BCUT2D eigenvalue weighted by Gasteiger charge is -2.32. The van der Waals surface area contributed by atoms with Crippen LogP contribution in [0.25, 0.3) is 0 Å². The average Bonchev–Trinajstić information content (AvgIpc) is 2.65. The topological polar surface area (TPSA) is 54.0 Å². The number of rotatable bonds is 4. The molecule has 5 nitrogen and oxygen atoms in total. The fourth-order valence-corrected chi connectivity index (χ4v) is 2.26. The van der Waals surface area contributed by atoms with E-state index >= 15 is 0 Å². The summed E-state index contributed by atoms with van der Waals surface area (Å²) in [6, 6.07) is 3.49. The molecule has 0 saturated carbocycles. The number of alkyl halides is 3. The average molecular weight is 360 g/mol. The lowest BCUT2D eigenvalue weighted by atomic mass is 9.78. The Morgan fingerprint density at radius 1 is 1.12 bits per heavy atom. The Morgan fingerprint density at radius 2 is 1.68 bits per heavy atom. The lowest BCUT2D eigenvalue weighted by molar-refractivity contribution is -0.274. The van der Waals surface area contributed by atoms with Gasteiger partial charge < -0.3 is 18.8 Å². The molecule has 1 heterocycles. The Bertz CT molecular complexity index is 642. The van der Waals surface area contributed by atoms with E-state index in [-0.39, 0.29) is 17.6 Å². The summed E-state index contributed by atoms with van der Waals surface area (Å²) in [5, 5.41) is 0. The summed E-state index contributed by atoms with van der Waals surface area (Å²) in [5.41, 5.74) is -1.19. The third-order valence-corrected chi connectivity index (χ3v) is 4.20. The van der Waals surface area contributed by atoms with E-state index in [4.69, 9.17) is 14.0 Å². The zero-order valence-electron chi connectivity index (χ0n) is 14.7. The first kappa shape index (κ1) is 19.6. The largest absolute Gasteiger partial charge is 0.573 e. The highest BCUT2D eigenvalue weighted by atomic mass is 19.4. The molecule has 0 bridgehead atoms. The molecule has 1 aliphatic heterocycles. The van der Waals surface area contributed by atoms with Gasteiger partial charge in [0.2, 0.25) is 0 Å². The predicted octanol–water partition coefficient (Wildman–Crippen LogP) is 3.06. The van der Waals surface area contributed by atoms with Gasteiger partial charge in [0, 0.05) is 0 Å². The zero-order valence-corrected chi connectivity index (χ0v) is 14.7. The maximum Gasteiger partial charge on any atom is 0.573 e. The molecule has 1 aliphatic rings. The van der Waals surface area contributed by atoms with E-state index in [1.807, 2.05) is 27.7 Å². The third-order valence-electron chi connectivity index (χ3n) is 4.20. The number of benzene rings is 1. The zero-order chi connectivity index (χ0) is 19.0. The van der Waals surface area contributed by atoms with Crippen molar-refractivity contribution in [2.45, 2.75) is 52.2 Å². The third kappa shape index (κ3) is 4.46. The van der Waals surface area contributed by atoms with Crippen LogP contribution in [0, 0.1) is 0 Å². The number of carbonyl (C=O) groups is 1. The van der Waals surface area contributed by atoms with Crippen molar-refractivity contribution < 1.29 is 36.7 Å². The summed E-state index contributed by atoms with van der Waals surface area (Å²) < 4.78 is 58.2. The van der Waals surface area contributed by atoms with Crippen LogP contribution in [0.15, 0.2) is 18.2 Å². The van der Waals surface area contributed by atoms with Gasteiger partial charge in [0.1, 0.15) is 5.75 Å². The van der Waals surface area contributed by atoms with Gasteiger partial charge in [0.05, 0.1) is 23.4 Å². The van der Waals surface area contributed by atoms with Crippen molar-refractivity contribution in [1.29, 1.82) is 0 Å². The Kier molecular flexibility index (Phi) is 5.12. The molecule has 1 aromatic carbocycles. The minimum Gasteiger partial charge on any atom is -0.462 e. The number of halogens is 3. The molecule has 0 radical (unpaired) electrons. The molecule has 0 atom stereocenters. The monoisotopic (exact) mass is 360 g/mol. The van der Waals surface area contributed by atoms with E-state index in [2.05, 4.69) is 4.74 Å². The summed E-state index contributed by atoms with van der Waals surface area (Å²) in [5.74, 6) is -1.30. The highest BCUT2D eigenvalue weighted by Crippen LogP contribution is 2.37. The van der Waals surface area contributed by atoms with Gasteiger partial charge in [-0.3, -0.25) is 0 Å². The molecule has 0 aromatic heterocycles.